The van der Waals surface area contributed by atoms with Crippen LogP contribution >= 0.6 is 11.8 Å². The maximum absolute atomic E-state index is 5.97. The first-order valence-electron chi connectivity index (χ1n) is 6.23. The van der Waals surface area contributed by atoms with Crippen molar-refractivity contribution < 1.29 is 4.74 Å². The third-order valence-corrected chi connectivity index (χ3v) is 4.13. The number of fused-ring (bicyclic) bond motifs is 1. The molecule has 0 bridgehead atoms. The molecule has 0 unspecified atom stereocenters. The number of rotatable bonds is 3. The highest BCUT2D eigenvalue weighted by molar-refractivity contribution is 7.99. The summed E-state index contributed by atoms with van der Waals surface area (Å²) in [6, 6.07) is 15.9. The van der Waals surface area contributed by atoms with Crippen LogP contribution in [0.4, 0.5) is 5.69 Å². The number of anilines is 1. The van der Waals surface area contributed by atoms with Crippen LogP contribution in [0.2, 0.25) is 0 Å². The molecule has 0 aliphatic carbocycles. The summed E-state index contributed by atoms with van der Waals surface area (Å²) < 4.78 is 5.17. The maximum Gasteiger partial charge on any atom is 0.118 e. The van der Waals surface area contributed by atoms with Crippen LogP contribution in [0.3, 0.4) is 0 Å². The summed E-state index contributed by atoms with van der Waals surface area (Å²) in [5.74, 6) is 0.859. The van der Waals surface area contributed by atoms with Gasteiger partial charge in [-0.15, -0.1) is 0 Å². The van der Waals surface area contributed by atoms with Crippen molar-refractivity contribution in [3.05, 3.63) is 54.7 Å². The number of ether oxygens (including phenoxy) is 1. The van der Waals surface area contributed by atoms with Gasteiger partial charge in [0.15, 0.2) is 0 Å². The summed E-state index contributed by atoms with van der Waals surface area (Å²) in [5.41, 5.74) is 7.53. The number of benzene rings is 2. The van der Waals surface area contributed by atoms with Crippen LogP contribution in [-0.2, 0) is 0 Å². The second-order valence-electron chi connectivity index (χ2n) is 4.33. The SMILES string of the molecule is COc1ccc(Sc2ccnc3c(N)cccc23)cc1. The summed E-state index contributed by atoms with van der Waals surface area (Å²) in [7, 11) is 1.67. The van der Waals surface area contributed by atoms with E-state index < -0.39 is 0 Å². The fourth-order valence-electron chi connectivity index (χ4n) is 2.03. The predicted octanol–water partition coefficient (Wildman–Crippen LogP) is 3.98. The number of hydrogen-bond donors (Lipinski definition) is 1. The van der Waals surface area contributed by atoms with E-state index in [1.807, 2.05) is 48.5 Å². The molecule has 0 amide bonds. The first-order chi connectivity index (χ1) is 9.78. The molecule has 1 heterocycles. The van der Waals surface area contributed by atoms with Gasteiger partial charge in [0.2, 0.25) is 0 Å². The van der Waals surface area contributed by atoms with Crippen molar-refractivity contribution >= 4 is 28.4 Å². The fourth-order valence-corrected chi connectivity index (χ4v) is 2.96. The topological polar surface area (TPSA) is 48.1 Å². The van der Waals surface area contributed by atoms with Crippen molar-refractivity contribution in [2.45, 2.75) is 9.79 Å². The van der Waals surface area contributed by atoms with Crippen LogP contribution in [0.25, 0.3) is 10.9 Å². The summed E-state index contributed by atoms with van der Waals surface area (Å²) in [6.45, 7) is 0. The molecule has 0 saturated carbocycles. The summed E-state index contributed by atoms with van der Waals surface area (Å²) >= 11 is 1.69. The molecule has 0 fully saturated rings. The fraction of sp³-hybridized carbons (Fsp3) is 0.0625. The predicted molar refractivity (Wildman–Crippen MR) is 83.3 cm³/mol. The van der Waals surface area contributed by atoms with Crippen molar-refractivity contribution in [1.82, 2.24) is 4.98 Å². The number of nitrogens with two attached hydrogens (primary N) is 1. The molecule has 3 nitrogen and oxygen atoms in total. The number of nitrogen functional groups attached to an aromatic ring is 1. The van der Waals surface area contributed by atoms with Gasteiger partial charge in [0, 0.05) is 21.4 Å². The monoisotopic (exact) mass is 282 g/mol. The van der Waals surface area contributed by atoms with Gasteiger partial charge in [-0.3, -0.25) is 4.98 Å². The molecular formula is C16H14N2OS. The van der Waals surface area contributed by atoms with E-state index in [0.29, 0.717) is 5.69 Å². The highest BCUT2D eigenvalue weighted by Crippen LogP contribution is 2.34. The highest BCUT2D eigenvalue weighted by atomic mass is 32.2. The average Bonchev–Trinajstić information content (AvgIpc) is 2.49. The van der Waals surface area contributed by atoms with E-state index in [2.05, 4.69) is 4.98 Å². The van der Waals surface area contributed by atoms with Crippen molar-refractivity contribution in [1.29, 1.82) is 0 Å². The van der Waals surface area contributed by atoms with Crippen LogP contribution in [0.1, 0.15) is 0 Å². The highest BCUT2D eigenvalue weighted by Gasteiger charge is 2.06. The van der Waals surface area contributed by atoms with E-state index in [9.17, 15) is 0 Å². The standard InChI is InChI=1S/C16H14N2OS/c1-19-11-5-7-12(8-6-11)20-15-9-10-18-16-13(15)3-2-4-14(16)17/h2-10H,17H2,1H3. The van der Waals surface area contributed by atoms with Gasteiger partial charge in [-0.1, -0.05) is 23.9 Å². The number of aromatic nitrogens is 1. The lowest BCUT2D eigenvalue weighted by atomic mass is 10.2. The van der Waals surface area contributed by atoms with Gasteiger partial charge in [-0.2, -0.15) is 0 Å². The third-order valence-electron chi connectivity index (χ3n) is 3.05. The molecule has 0 atom stereocenters. The molecule has 100 valence electrons. The normalized spacial score (nSPS) is 10.7. The van der Waals surface area contributed by atoms with E-state index in [-0.39, 0.29) is 0 Å². The molecule has 0 saturated heterocycles. The van der Waals surface area contributed by atoms with Crippen molar-refractivity contribution in [3.8, 4) is 5.75 Å². The van der Waals surface area contributed by atoms with Crippen molar-refractivity contribution in [2.75, 3.05) is 12.8 Å². The van der Waals surface area contributed by atoms with E-state index in [0.717, 1.165) is 26.4 Å². The Morgan fingerprint density at radius 1 is 1.05 bits per heavy atom. The van der Waals surface area contributed by atoms with Crippen LogP contribution in [0.15, 0.2) is 64.5 Å². The Kier molecular flexibility index (Phi) is 3.48. The number of pyridine rings is 1. The van der Waals surface area contributed by atoms with Gasteiger partial charge in [0.05, 0.1) is 18.3 Å². The molecule has 3 aromatic rings. The Labute approximate surface area is 121 Å². The molecule has 1 aromatic heterocycles. The molecule has 0 spiro atoms. The van der Waals surface area contributed by atoms with Crippen LogP contribution in [0, 0.1) is 0 Å². The van der Waals surface area contributed by atoms with E-state index >= 15 is 0 Å². The van der Waals surface area contributed by atoms with Crippen LogP contribution < -0.4 is 10.5 Å². The average molecular weight is 282 g/mol. The zero-order chi connectivity index (χ0) is 13.9. The molecule has 0 aliphatic heterocycles. The number of hydrogen-bond acceptors (Lipinski definition) is 4. The second kappa shape index (κ2) is 5.43. The summed E-state index contributed by atoms with van der Waals surface area (Å²) in [4.78, 5) is 6.65. The molecule has 20 heavy (non-hydrogen) atoms. The lowest BCUT2D eigenvalue weighted by molar-refractivity contribution is 0.414. The number of nitrogens with zero attached hydrogens (tertiary/aromatic N) is 1. The number of para-hydroxylation sites is 1. The first kappa shape index (κ1) is 12.8. The van der Waals surface area contributed by atoms with E-state index in [4.69, 9.17) is 10.5 Å². The molecule has 0 aliphatic rings. The van der Waals surface area contributed by atoms with E-state index in [1.165, 1.54) is 0 Å². The van der Waals surface area contributed by atoms with Gasteiger partial charge in [0.1, 0.15) is 5.75 Å². The Bertz CT molecular complexity index is 741. The van der Waals surface area contributed by atoms with Crippen LogP contribution in [0.5, 0.6) is 5.75 Å². The molecule has 4 heteroatoms. The minimum absolute atomic E-state index is 0.708. The maximum atomic E-state index is 5.97. The summed E-state index contributed by atoms with van der Waals surface area (Å²) in [6.07, 6.45) is 1.80. The summed E-state index contributed by atoms with van der Waals surface area (Å²) in [5, 5.41) is 1.08. The molecular weight excluding hydrogens is 268 g/mol. The van der Waals surface area contributed by atoms with E-state index in [1.54, 1.807) is 25.1 Å². The number of methoxy groups -OCH3 is 1. The zero-order valence-corrected chi connectivity index (χ0v) is 11.9. The Morgan fingerprint density at radius 3 is 2.60 bits per heavy atom. The van der Waals surface area contributed by atoms with Gasteiger partial charge in [-0.25, -0.2) is 0 Å². The Balaban J connectivity index is 1.99. The van der Waals surface area contributed by atoms with Crippen molar-refractivity contribution in [2.24, 2.45) is 0 Å². The minimum atomic E-state index is 0.708. The quantitative estimate of drug-likeness (QED) is 0.738. The third kappa shape index (κ3) is 2.42. The van der Waals surface area contributed by atoms with Crippen molar-refractivity contribution in [3.63, 3.8) is 0 Å². The second-order valence-corrected chi connectivity index (χ2v) is 5.45. The van der Waals surface area contributed by atoms with Gasteiger partial charge in [-0.05, 0) is 36.4 Å². The van der Waals surface area contributed by atoms with Gasteiger partial charge < -0.3 is 10.5 Å². The largest absolute Gasteiger partial charge is 0.497 e. The first-order valence-corrected chi connectivity index (χ1v) is 7.04. The Hall–Kier alpha value is -2.20. The minimum Gasteiger partial charge on any atom is -0.497 e. The smallest absolute Gasteiger partial charge is 0.118 e. The Morgan fingerprint density at radius 2 is 1.85 bits per heavy atom. The van der Waals surface area contributed by atoms with Gasteiger partial charge in [0.25, 0.3) is 0 Å². The molecule has 0 radical (unpaired) electrons. The van der Waals surface area contributed by atoms with Gasteiger partial charge >= 0.3 is 0 Å². The molecule has 2 N–H and O–H groups in total. The van der Waals surface area contributed by atoms with Crippen LogP contribution in [-0.4, -0.2) is 12.1 Å². The lowest BCUT2D eigenvalue weighted by Crippen LogP contribution is -1.90. The zero-order valence-electron chi connectivity index (χ0n) is 11.0. The lowest BCUT2D eigenvalue weighted by Gasteiger charge is -2.07. The molecule has 2 aromatic carbocycles. The molecule has 3 rings (SSSR count).